The van der Waals surface area contributed by atoms with Crippen molar-refractivity contribution in [1.29, 1.82) is 0 Å². The first-order chi connectivity index (χ1) is 15.6. The van der Waals surface area contributed by atoms with Crippen molar-refractivity contribution >= 4 is 16.9 Å². The summed E-state index contributed by atoms with van der Waals surface area (Å²) in [6.07, 6.45) is 0.838. The van der Waals surface area contributed by atoms with Crippen LogP contribution in [0.4, 0.5) is 4.39 Å². The molecule has 0 amide bonds. The van der Waals surface area contributed by atoms with Crippen LogP contribution in [0.1, 0.15) is 27.2 Å². The van der Waals surface area contributed by atoms with Gasteiger partial charge < -0.3 is 19.7 Å². The number of carbonyl (C=O) groups is 1. The number of methoxy groups -OCH3 is 1. The van der Waals surface area contributed by atoms with Gasteiger partial charge in [0.25, 0.3) is 0 Å². The summed E-state index contributed by atoms with van der Waals surface area (Å²) >= 11 is 0. The Morgan fingerprint density at radius 2 is 1.81 bits per heavy atom. The molecule has 0 atom stereocenters. The van der Waals surface area contributed by atoms with Gasteiger partial charge in [-0.05, 0) is 36.7 Å². The molecule has 1 aromatic heterocycles. The Morgan fingerprint density at radius 1 is 1.06 bits per heavy atom. The maximum atomic E-state index is 14.4. The lowest BCUT2D eigenvalue weighted by molar-refractivity contribution is 0.0684. The van der Waals surface area contributed by atoms with Crippen molar-refractivity contribution in [1.82, 2.24) is 9.88 Å². The van der Waals surface area contributed by atoms with Gasteiger partial charge in [0.05, 0.1) is 19.2 Å². The van der Waals surface area contributed by atoms with E-state index >= 15 is 0 Å². The van der Waals surface area contributed by atoms with E-state index in [0.717, 1.165) is 11.8 Å². The zero-order valence-corrected chi connectivity index (χ0v) is 17.8. The fraction of sp³-hybridized carbons (Fsp3) is 0.192. The number of carboxylic acid groups (broad SMARTS) is 1. The van der Waals surface area contributed by atoms with E-state index in [9.17, 15) is 14.3 Å². The minimum Gasteiger partial charge on any atom is -0.497 e. The minimum absolute atomic E-state index is 0.113. The normalized spacial score (nSPS) is 11.1. The lowest BCUT2D eigenvalue weighted by Crippen LogP contribution is -2.19. The van der Waals surface area contributed by atoms with Gasteiger partial charge in [0.15, 0.2) is 0 Å². The number of carboxylic acids is 1. The van der Waals surface area contributed by atoms with Gasteiger partial charge in [-0.3, -0.25) is 0 Å². The van der Waals surface area contributed by atoms with Gasteiger partial charge in [-0.2, -0.15) is 0 Å². The second kappa shape index (κ2) is 9.66. The monoisotopic (exact) mass is 432 g/mol. The van der Waals surface area contributed by atoms with E-state index < -0.39 is 5.97 Å². The molecule has 0 aliphatic rings. The number of halogens is 1. The molecule has 6 heteroatoms. The van der Waals surface area contributed by atoms with E-state index in [1.54, 1.807) is 35.9 Å². The zero-order valence-electron chi connectivity index (χ0n) is 17.8. The molecule has 2 N–H and O–H groups in total. The van der Waals surface area contributed by atoms with Crippen molar-refractivity contribution in [3.8, 4) is 5.75 Å². The maximum Gasteiger partial charge on any atom is 0.352 e. The van der Waals surface area contributed by atoms with Crippen molar-refractivity contribution < 1.29 is 19.0 Å². The Morgan fingerprint density at radius 3 is 2.53 bits per heavy atom. The molecule has 5 nitrogen and oxygen atoms in total. The molecule has 4 aromatic rings. The Hall–Kier alpha value is -3.64. The molecule has 1 heterocycles. The minimum atomic E-state index is -1.05. The molecule has 0 bridgehead atoms. The van der Waals surface area contributed by atoms with Crippen molar-refractivity contribution in [2.45, 2.75) is 19.5 Å². The molecular weight excluding hydrogens is 407 g/mol. The van der Waals surface area contributed by atoms with Crippen LogP contribution < -0.4 is 10.1 Å². The number of fused-ring (bicyclic) bond motifs is 1. The van der Waals surface area contributed by atoms with Crippen LogP contribution in [-0.4, -0.2) is 29.3 Å². The van der Waals surface area contributed by atoms with Crippen LogP contribution in [0.15, 0.2) is 72.8 Å². The van der Waals surface area contributed by atoms with E-state index in [4.69, 9.17) is 4.74 Å². The smallest absolute Gasteiger partial charge is 0.352 e. The number of benzene rings is 3. The van der Waals surface area contributed by atoms with Crippen LogP contribution in [0.5, 0.6) is 5.75 Å². The summed E-state index contributed by atoms with van der Waals surface area (Å²) in [7, 11) is 1.56. The quantitative estimate of drug-likeness (QED) is 0.371. The van der Waals surface area contributed by atoms with Gasteiger partial charge in [0, 0.05) is 29.1 Å². The summed E-state index contributed by atoms with van der Waals surface area (Å²) in [6, 6.07) is 22.0. The van der Waals surface area contributed by atoms with E-state index in [1.165, 1.54) is 11.6 Å². The number of nitrogens with one attached hydrogen (secondary N) is 1. The molecule has 0 aliphatic carbocycles. The highest BCUT2D eigenvalue weighted by Crippen LogP contribution is 2.31. The number of aromatic nitrogens is 1. The number of hydrogen-bond acceptors (Lipinski definition) is 3. The SMILES string of the molecule is COc1ccc2c(CNCCc3ccccc3)c(C(=O)O)n(Cc3ccccc3F)c2c1. The summed E-state index contributed by atoms with van der Waals surface area (Å²) in [5, 5.41) is 14.3. The first kappa shape index (κ1) is 21.6. The van der Waals surface area contributed by atoms with Crippen LogP contribution >= 0.6 is 0 Å². The fourth-order valence-corrected chi connectivity index (χ4v) is 4.00. The third-order valence-electron chi connectivity index (χ3n) is 5.60. The number of aromatic carboxylic acids is 1. The first-order valence-electron chi connectivity index (χ1n) is 10.5. The Bertz CT molecular complexity index is 1230. The van der Waals surface area contributed by atoms with Gasteiger partial charge in [-0.1, -0.05) is 48.5 Å². The van der Waals surface area contributed by atoms with Crippen LogP contribution in [0.2, 0.25) is 0 Å². The maximum absolute atomic E-state index is 14.4. The molecule has 0 aliphatic heterocycles. The van der Waals surface area contributed by atoms with Crippen molar-refractivity contribution in [2.75, 3.05) is 13.7 Å². The van der Waals surface area contributed by atoms with E-state index in [1.807, 2.05) is 30.3 Å². The Balaban J connectivity index is 1.70. The van der Waals surface area contributed by atoms with Crippen LogP contribution in [0, 0.1) is 5.82 Å². The topological polar surface area (TPSA) is 63.5 Å². The van der Waals surface area contributed by atoms with Crippen molar-refractivity contribution in [3.63, 3.8) is 0 Å². The van der Waals surface area contributed by atoms with E-state index in [-0.39, 0.29) is 18.1 Å². The predicted molar refractivity (Wildman–Crippen MR) is 123 cm³/mol. The predicted octanol–water partition coefficient (Wildman–Crippen LogP) is 4.87. The fourth-order valence-electron chi connectivity index (χ4n) is 4.00. The van der Waals surface area contributed by atoms with Crippen molar-refractivity contribution in [3.05, 3.63) is 101 Å². The highest BCUT2D eigenvalue weighted by Gasteiger charge is 2.23. The third-order valence-corrected chi connectivity index (χ3v) is 5.60. The standard InChI is InChI=1S/C26H25FN2O3/c1-32-20-11-12-21-22(16-28-14-13-18-7-3-2-4-8-18)25(26(30)31)29(24(21)15-20)17-19-9-5-6-10-23(19)27/h2-12,15,28H,13-14,16-17H2,1H3,(H,30,31). The van der Waals surface area contributed by atoms with Gasteiger partial charge >= 0.3 is 5.97 Å². The van der Waals surface area contributed by atoms with Gasteiger partial charge in [0.1, 0.15) is 17.3 Å². The molecule has 0 radical (unpaired) electrons. The molecule has 0 saturated carbocycles. The molecule has 164 valence electrons. The number of hydrogen-bond donors (Lipinski definition) is 2. The Labute approximate surface area is 186 Å². The molecule has 0 fully saturated rings. The van der Waals surface area contributed by atoms with Gasteiger partial charge in [-0.15, -0.1) is 0 Å². The molecule has 0 saturated heterocycles. The van der Waals surface area contributed by atoms with E-state index in [0.29, 0.717) is 35.5 Å². The van der Waals surface area contributed by atoms with Gasteiger partial charge in [-0.25, -0.2) is 9.18 Å². The van der Waals surface area contributed by atoms with Crippen LogP contribution in [0.3, 0.4) is 0 Å². The number of ether oxygens (including phenoxy) is 1. The largest absolute Gasteiger partial charge is 0.497 e. The summed E-state index contributed by atoms with van der Waals surface area (Å²) in [5.74, 6) is -0.794. The molecule has 0 spiro atoms. The molecular formula is C26H25FN2O3. The molecule has 0 unspecified atom stereocenters. The third kappa shape index (κ3) is 4.50. The summed E-state index contributed by atoms with van der Waals surface area (Å²) < 4.78 is 21.4. The number of nitrogens with zero attached hydrogens (tertiary/aromatic N) is 1. The van der Waals surface area contributed by atoms with Crippen molar-refractivity contribution in [2.24, 2.45) is 0 Å². The van der Waals surface area contributed by atoms with Gasteiger partial charge in [0.2, 0.25) is 0 Å². The second-order valence-corrected chi connectivity index (χ2v) is 7.61. The van der Waals surface area contributed by atoms with E-state index in [2.05, 4.69) is 17.4 Å². The summed E-state index contributed by atoms with van der Waals surface area (Å²) in [6.45, 7) is 1.21. The summed E-state index contributed by atoms with van der Waals surface area (Å²) in [5.41, 5.74) is 3.18. The lowest BCUT2D eigenvalue weighted by Gasteiger charge is -2.11. The second-order valence-electron chi connectivity index (χ2n) is 7.61. The molecule has 3 aromatic carbocycles. The first-order valence-corrected chi connectivity index (χ1v) is 10.5. The highest BCUT2D eigenvalue weighted by atomic mass is 19.1. The molecule has 4 rings (SSSR count). The average Bonchev–Trinajstić information content (AvgIpc) is 3.11. The number of rotatable bonds is 9. The Kier molecular flexibility index (Phi) is 6.52. The highest BCUT2D eigenvalue weighted by molar-refractivity contribution is 5.98. The summed E-state index contributed by atoms with van der Waals surface area (Å²) in [4.78, 5) is 12.3. The molecule has 32 heavy (non-hydrogen) atoms. The van der Waals surface area contributed by atoms with Crippen LogP contribution in [0.25, 0.3) is 10.9 Å². The average molecular weight is 432 g/mol. The zero-order chi connectivity index (χ0) is 22.5. The van der Waals surface area contributed by atoms with Crippen LogP contribution in [-0.2, 0) is 19.5 Å². The lowest BCUT2D eigenvalue weighted by atomic mass is 10.1.